The summed E-state index contributed by atoms with van der Waals surface area (Å²) in [5.74, 6) is 0.211. The maximum atomic E-state index is 12.6. The van der Waals surface area contributed by atoms with E-state index in [4.69, 9.17) is 4.74 Å². The molecule has 0 spiro atoms. The minimum absolute atomic E-state index is 0.0602. The quantitative estimate of drug-likeness (QED) is 0.668. The van der Waals surface area contributed by atoms with Gasteiger partial charge in [0.25, 0.3) is 5.91 Å². The second-order valence-corrected chi connectivity index (χ2v) is 6.05. The number of benzene rings is 3. The third kappa shape index (κ3) is 2.79. The number of fused-ring (bicyclic) bond motifs is 2. The van der Waals surface area contributed by atoms with E-state index >= 15 is 0 Å². The zero-order chi connectivity index (χ0) is 17.4. The molecule has 1 aliphatic rings. The number of aromatic hydroxyl groups is 1. The van der Waals surface area contributed by atoms with Gasteiger partial charge >= 0.3 is 0 Å². The molecule has 0 fully saturated rings. The molecule has 1 atom stereocenters. The molecule has 126 valence electrons. The molecule has 0 aromatic heterocycles. The van der Waals surface area contributed by atoms with E-state index in [1.54, 1.807) is 30.3 Å². The molecule has 1 aliphatic heterocycles. The average molecular weight is 335 g/mol. The fourth-order valence-electron chi connectivity index (χ4n) is 3.12. The number of phenols is 1. The highest BCUT2D eigenvalue weighted by atomic mass is 16.5. The first-order valence-corrected chi connectivity index (χ1v) is 8.10. The number of carbonyl (C=O) groups excluding carboxylic acids is 1. The predicted molar refractivity (Wildman–Crippen MR) is 95.1 cm³/mol. The molecule has 3 aromatic rings. The standard InChI is InChI=1S/C20H17NO4/c22-17-8-9-25-19-15(17)6-3-7-16(19)21-20(24)13-10-12-4-1-2-5-14(12)18(23)11-13/h1-7,10-11,17,22-23H,8-9H2,(H,21,24). The van der Waals surface area contributed by atoms with E-state index in [-0.39, 0.29) is 11.7 Å². The Morgan fingerprint density at radius 2 is 1.96 bits per heavy atom. The molecule has 0 bridgehead atoms. The molecule has 3 N–H and O–H groups in total. The highest BCUT2D eigenvalue weighted by Gasteiger charge is 2.23. The Bertz CT molecular complexity index is 967. The Hall–Kier alpha value is -3.05. The second kappa shape index (κ2) is 6.11. The number of aliphatic hydroxyl groups is 1. The van der Waals surface area contributed by atoms with E-state index in [2.05, 4.69) is 5.32 Å². The average Bonchev–Trinajstić information content (AvgIpc) is 2.62. The summed E-state index contributed by atoms with van der Waals surface area (Å²) >= 11 is 0. The van der Waals surface area contributed by atoms with Gasteiger partial charge in [-0.3, -0.25) is 4.79 Å². The van der Waals surface area contributed by atoms with Crippen LogP contribution in [0.4, 0.5) is 5.69 Å². The maximum absolute atomic E-state index is 12.6. The number of carbonyl (C=O) groups is 1. The van der Waals surface area contributed by atoms with Gasteiger partial charge in [-0.15, -0.1) is 0 Å². The van der Waals surface area contributed by atoms with E-state index in [1.165, 1.54) is 6.07 Å². The molecule has 0 radical (unpaired) electrons. The van der Waals surface area contributed by atoms with Crippen LogP contribution >= 0.6 is 0 Å². The van der Waals surface area contributed by atoms with Crippen LogP contribution in [0, 0.1) is 0 Å². The van der Waals surface area contributed by atoms with Crippen LogP contribution in [0.1, 0.15) is 28.4 Å². The first kappa shape index (κ1) is 15.5. The van der Waals surface area contributed by atoms with Crippen molar-refractivity contribution in [2.75, 3.05) is 11.9 Å². The number of hydrogen-bond acceptors (Lipinski definition) is 4. The number of ether oxygens (including phenoxy) is 1. The van der Waals surface area contributed by atoms with Crippen molar-refractivity contribution in [1.29, 1.82) is 0 Å². The second-order valence-electron chi connectivity index (χ2n) is 6.05. The van der Waals surface area contributed by atoms with Crippen LogP contribution in [0.15, 0.2) is 54.6 Å². The smallest absolute Gasteiger partial charge is 0.255 e. The monoisotopic (exact) mass is 335 g/mol. The fourth-order valence-corrected chi connectivity index (χ4v) is 3.12. The Balaban J connectivity index is 1.68. The van der Waals surface area contributed by atoms with Gasteiger partial charge in [0.15, 0.2) is 0 Å². The van der Waals surface area contributed by atoms with Crippen molar-refractivity contribution in [3.8, 4) is 11.5 Å². The Kier molecular flexibility index (Phi) is 3.78. The van der Waals surface area contributed by atoms with E-state index < -0.39 is 6.10 Å². The Morgan fingerprint density at radius 1 is 1.12 bits per heavy atom. The summed E-state index contributed by atoms with van der Waals surface area (Å²) in [4.78, 5) is 12.6. The number of nitrogens with one attached hydrogen (secondary N) is 1. The zero-order valence-corrected chi connectivity index (χ0v) is 13.4. The lowest BCUT2D eigenvalue weighted by Crippen LogP contribution is -2.18. The van der Waals surface area contributed by atoms with Crippen LogP contribution < -0.4 is 10.1 Å². The van der Waals surface area contributed by atoms with Crippen molar-refractivity contribution in [3.05, 3.63) is 65.7 Å². The van der Waals surface area contributed by atoms with Gasteiger partial charge in [-0.2, -0.15) is 0 Å². The number of amides is 1. The molecule has 1 heterocycles. The highest BCUT2D eigenvalue weighted by Crippen LogP contribution is 2.38. The number of phenolic OH excluding ortho intramolecular Hbond substituents is 1. The summed E-state index contributed by atoms with van der Waals surface area (Å²) in [6, 6.07) is 15.8. The van der Waals surface area contributed by atoms with Crippen LogP contribution in [0.3, 0.4) is 0 Å². The van der Waals surface area contributed by atoms with E-state index in [1.807, 2.05) is 18.2 Å². The molecular formula is C20H17NO4. The molecular weight excluding hydrogens is 318 g/mol. The normalized spacial score (nSPS) is 16.1. The molecule has 25 heavy (non-hydrogen) atoms. The highest BCUT2D eigenvalue weighted by molar-refractivity contribution is 6.08. The van der Waals surface area contributed by atoms with Crippen molar-refractivity contribution in [1.82, 2.24) is 0 Å². The summed E-state index contributed by atoms with van der Waals surface area (Å²) in [6.07, 6.45) is -0.0616. The summed E-state index contributed by atoms with van der Waals surface area (Å²) in [5.41, 5.74) is 1.53. The molecule has 5 nitrogen and oxygen atoms in total. The summed E-state index contributed by atoms with van der Waals surface area (Å²) in [7, 11) is 0. The third-order valence-electron chi connectivity index (χ3n) is 4.39. The minimum atomic E-state index is -0.592. The molecule has 3 aromatic carbocycles. The van der Waals surface area contributed by atoms with Crippen molar-refractivity contribution in [2.45, 2.75) is 12.5 Å². The molecule has 0 saturated carbocycles. The predicted octanol–water partition coefficient (Wildman–Crippen LogP) is 3.61. The van der Waals surface area contributed by atoms with Crippen LogP contribution in [0.25, 0.3) is 10.8 Å². The van der Waals surface area contributed by atoms with Gasteiger partial charge in [-0.05, 0) is 23.6 Å². The van der Waals surface area contributed by atoms with Crippen LogP contribution in [-0.2, 0) is 0 Å². The lowest BCUT2D eigenvalue weighted by atomic mass is 10.0. The molecule has 5 heteroatoms. The van der Waals surface area contributed by atoms with Gasteiger partial charge in [0, 0.05) is 22.9 Å². The van der Waals surface area contributed by atoms with E-state index in [0.717, 1.165) is 5.39 Å². The number of aliphatic hydroxyl groups excluding tert-OH is 1. The number of anilines is 1. The van der Waals surface area contributed by atoms with Crippen LogP contribution in [-0.4, -0.2) is 22.7 Å². The molecule has 1 amide bonds. The first-order chi connectivity index (χ1) is 12.1. The Labute approximate surface area is 144 Å². The van der Waals surface area contributed by atoms with Gasteiger partial charge in [0.2, 0.25) is 0 Å². The van der Waals surface area contributed by atoms with Crippen molar-refractivity contribution >= 4 is 22.4 Å². The van der Waals surface area contributed by atoms with Gasteiger partial charge in [-0.1, -0.05) is 36.4 Å². The van der Waals surface area contributed by atoms with E-state index in [0.29, 0.717) is 41.0 Å². The van der Waals surface area contributed by atoms with Crippen molar-refractivity contribution in [3.63, 3.8) is 0 Å². The van der Waals surface area contributed by atoms with Gasteiger partial charge in [0.1, 0.15) is 11.5 Å². The Morgan fingerprint density at radius 3 is 2.84 bits per heavy atom. The van der Waals surface area contributed by atoms with Gasteiger partial charge < -0.3 is 20.3 Å². The third-order valence-corrected chi connectivity index (χ3v) is 4.39. The molecule has 0 aliphatic carbocycles. The van der Waals surface area contributed by atoms with Gasteiger partial charge in [0.05, 0.1) is 18.4 Å². The van der Waals surface area contributed by atoms with Crippen LogP contribution in [0.2, 0.25) is 0 Å². The number of rotatable bonds is 2. The summed E-state index contributed by atoms with van der Waals surface area (Å²) in [5, 5.41) is 24.5. The van der Waals surface area contributed by atoms with Gasteiger partial charge in [-0.25, -0.2) is 0 Å². The van der Waals surface area contributed by atoms with Crippen molar-refractivity contribution < 1.29 is 19.7 Å². The number of hydrogen-bond donors (Lipinski definition) is 3. The molecule has 1 unspecified atom stereocenters. The minimum Gasteiger partial charge on any atom is -0.507 e. The molecule has 0 saturated heterocycles. The number of para-hydroxylation sites is 1. The van der Waals surface area contributed by atoms with E-state index in [9.17, 15) is 15.0 Å². The topological polar surface area (TPSA) is 78.8 Å². The lowest BCUT2D eigenvalue weighted by molar-refractivity contribution is 0.102. The SMILES string of the molecule is O=C(Nc1cccc2c1OCCC2O)c1cc(O)c2ccccc2c1. The van der Waals surface area contributed by atoms with Crippen LogP contribution in [0.5, 0.6) is 11.5 Å². The summed E-state index contributed by atoms with van der Waals surface area (Å²) < 4.78 is 5.63. The lowest BCUT2D eigenvalue weighted by Gasteiger charge is -2.24. The largest absolute Gasteiger partial charge is 0.507 e. The first-order valence-electron chi connectivity index (χ1n) is 8.10. The van der Waals surface area contributed by atoms with Crippen molar-refractivity contribution in [2.24, 2.45) is 0 Å². The molecule has 4 rings (SSSR count). The fraction of sp³-hybridized carbons (Fsp3) is 0.150. The zero-order valence-electron chi connectivity index (χ0n) is 13.4. The summed E-state index contributed by atoms with van der Waals surface area (Å²) in [6.45, 7) is 0.401. The maximum Gasteiger partial charge on any atom is 0.255 e.